The van der Waals surface area contributed by atoms with Gasteiger partial charge in [-0.05, 0) is 43.5 Å². The summed E-state index contributed by atoms with van der Waals surface area (Å²) in [5, 5.41) is 0. The zero-order chi connectivity index (χ0) is 18.8. The molecule has 2 aliphatic rings. The first kappa shape index (κ1) is 17.1. The van der Waals surface area contributed by atoms with Crippen LogP contribution in [-0.2, 0) is 6.18 Å². The van der Waals surface area contributed by atoms with Gasteiger partial charge >= 0.3 is 6.18 Å². The van der Waals surface area contributed by atoms with Crippen LogP contribution in [0.3, 0.4) is 0 Å². The Labute approximate surface area is 158 Å². The number of aromatic nitrogens is 2. The lowest BCUT2D eigenvalue weighted by Gasteiger charge is -2.28. The first-order valence-electron chi connectivity index (χ1n) is 9.08. The van der Waals surface area contributed by atoms with E-state index in [4.69, 9.17) is 10.7 Å². The molecule has 1 fully saturated rings. The van der Waals surface area contributed by atoms with Crippen LogP contribution in [-0.4, -0.2) is 15.6 Å². The molecule has 27 heavy (non-hydrogen) atoms. The molecule has 140 valence electrons. The van der Waals surface area contributed by atoms with E-state index in [1.54, 1.807) is 0 Å². The number of hydrogen-bond acceptors (Lipinski definition) is 3. The van der Waals surface area contributed by atoms with Gasteiger partial charge < -0.3 is 5.73 Å². The van der Waals surface area contributed by atoms with E-state index in [0.717, 1.165) is 47.6 Å². The third kappa shape index (κ3) is 2.75. The minimum Gasteiger partial charge on any atom is -0.328 e. The van der Waals surface area contributed by atoms with Crippen molar-refractivity contribution in [3.63, 3.8) is 0 Å². The molecule has 0 spiro atoms. The summed E-state index contributed by atoms with van der Waals surface area (Å²) in [4.78, 5) is 6.27. The molecule has 2 unspecified atom stereocenters. The molecule has 2 N–H and O–H groups in total. The Kier molecular flexibility index (Phi) is 3.81. The highest BCUT2D eigenvalue weighted by Crippen LogP contribution is 2.47. The minimum atomic E-state index is -4.39. The molecule has 1 saturated carbocycles. The van der Waals surface area contributed by atoms with E-state index >= 15 is 0 Å². The summed E-state index contributed by atoms with van der Waals surface area (Å²) >= 11 is 1.38. The lowest BCUT2D eigenvalue weighted by Crippen LogP contribution is -2.28. The Morgan fingerprint density at radius 3 is 2.70 bits per heavy atom. The van der Waals surface area contributed by atoms with E-state index in [-0.39, 0.29) is 12.0 Å². The molecule has 2 aromatic carbocycles. The van der Waals surface area contributed by atoms with E-state index in [1.165, 1.54) is 23.9 Å². The van der Waals surface area contributed by atoms with Gasteiger partial charge in [-0.15, -0.1) is 0 Å². The molecule has 3 aromatic rings. The van der Waals surface area contributed by atoms with E-state index in [0.29, 0.717) is 10.4 Å². The standard InChI is InChI=1S/C20H18F3N3S/c21-20(22,23)12-9-14-18-17(10-12)27-16-7-2-1-6-15(16)26(18)19(25-14)11-4-3-5-13(24)8-11/h1-2,6-7,9-11,13H,3-5,8,24H2. The van der Waals surface area contributed by atoms with Crippen LogP contribution in [0.15, 0.2) is 46.2 Å². The third-order valence-electron chi connectivity index (χ3n) is 5.48. The number of nitrogens with two attached hydrogens (primary N) is 1. The number of para-hydroxylation sites is 1. The lowest BCUT2D eigenvalue weighted by atomic mass is 9.85. The number of alkyl halides is 3. The molecule has 0 saturated heterocycles. The fourth-order valence-corrected chi connectivity index (χ4v) is 5.38. The zero-order valence-corrected chi connectivity index (χ0v) is 15.3. The molecule has 1 aliphatic heterocycles. The minimum absolute atomic E-state index is 0.120. The Morgan fingerprint density at radius 1 is 1.11 bits per heavy atom. The second-order valence-electron chi connectivity index (χ2n) is 7.34. The normalized spacial score (nSPS) is 22.1. The maximum Gasteiger partial charge on any atom is 0.416 e. The molecule has 0 radical (unpaired) electrons. The molecule has 1 aliphatic carbocycles. The van der Waals surface area contributed by atoms with Crippen molar-refractivity contribution >= 4 is 22.8 Å². The van der Waals surface area contributed by atoms with Crippen molar-refractivity contribution in [2.45, 2.75) is 53.6 Å². The SMILES string of the molecule is NC1CCCC(c2nc3cc(C(F)(F)F)cc4c3n2-c2ccccc2S4)C1. The van der Waals surface area contributed by atoms with Gasteiger partial charge in [-0.2, -0.15) is 13.2 Å². The molecule has 1 aromatic heterocycles. The van der Waals surface area contributed by atoms with E-state index < -0.39 is 11.7 Å². The van der Waals surface area contributed by atoms with Crippen LogP contribution >= 0.6 is 11.8 Å². The van der Waals surface area contributed by atoms with Gasteiger partial charge in [0, 0.05) is 21.8 Å². The number of rotatable bonds is 1. The van der Waals surface area contributed by atoms with Gasteiger partial charge in [-0.1, -0.05) is 30.3 Å². The summed E-state index contributed by atoms with van der Waals surface area (Å²) in [6, 6.07) is 10.4. The Hall–Kier alpha value is -1.99. The molecular formula is C20H18F3N3S. The van der Waals surface area contributed by atoms with Crippen molar-refractivity contribution < 1.29 is 13.2 Å². The van der Waals surface area contributed by atoms with Crippen LogP contribution in [0.1, 0.15) is 43.0 Å². The van der Waals surface area contributed by atoms with Crippen molar-refractivity contribution in [2.24, 2.45) is 5.73 Å². The lowest BCUT2D eigenvalue weighted by molar-refractivity contribution is -0.137. The van der Waals surface area contributed by atoms with Crippen LogP contribution in [0, 0.1) is 0 Å². The van der Waals surface area contributed by atoms with Gasteiger partial charge in [0.05, 0.1) is 22.3 Å². The monoisotopic (exact) mass is 389 g/mol. The summed E-state index contributed by atoms with van der Waals surface area (Å²) in [5.41, 5.74) is 7.72. The molecule has 2 atom stereocenters. The highest BCUT2D eigenvalue weighted by Gasteiger charge is 2.35. The summed E-state index contributed by atoms with van der Waals surface area (Å²) in [6.45, 7) is 0. The molecule has 5 rings (SSSR count). The second kappa shape index (κ2) is 6.01. The number of imidazole rings is 1. The van der Waals surface area contributed by atoms with Crippen LogP contribution in [0.25, 0.3) is 16.7 Å². The van der Waals surface area contributed by atoms with E-state index in [1.807, 2.05) is 24.3 Å². The first-order valence-corrected chi connectivity index (χ1v) is 9.90. The van der Waals surface area contributed by atoms with Gasteiger partial charge in [0.1, 0.15) is 5.82 Å². The molecule has 0 bridgehead atoms. The van der Waals surface area contributed by atoms with Crippen LogP contribution in [0.4, 0.5) is 13.2 Å². The Balaban J connectivity index is 1.79. The van der Waals surface area contributed by atoms with Crippen LogP contribution < -0.4 is 5.73 Å². The number of benzene rings is 2. The molecule has 0 amide bonds. The number of hydrogen-bond donors (Lipinski definition) is 1. The van der Waals surface area contributed by atoms with Crippen molar-refractivity contribution in [3.8, 4) is 5.69 Å². The Bertz CT molecular complexity index is 1040. The summed E-state index contributed by atoms with van der Waals surface area (Å²) in [7, 11) is 0. The van der Waals surface area contributed by atoms with Crippen molar-refractivity contribution in [3.05, 3.63) is 47.8 Å². The van der Waals surface area contributed by atoms with Crippen molar-refractivity contribution in [1.82, 2.24) is 9.55 Å². The average molecular weight is 389 g/mol. The zero-order valence-electron chi connectivity index (χ0n) is 14.5. The largest absolute Gasteiger partial charge is 0.416 e. The second-order valence-corrected chi connectivity index (χ2v) is 8.42. The molecular weight excluding hydrogens is 371 g/mol. The quantitative estimate of drug-likeness (QED) is 0.468. The average Bonchev–Trinajstić information content (AvgIpc) is 3.02. The predicted molar refractivity (Wildman–Crippen MR) is 99.4 cm³/mol. The van der Waals surface area contributed by atoms with Crippen molar-refractivity contribution in [1.29, 1.82) is 0 Å². The highest BCUT2D eigenvalue weighted by atomic mass is 32.2. The van der Waals surface area contributed by atoms with Gasteiger partial charge in [0.25, 0.3) is 0 Å². The van der Waals surface area contributed by atoms with Crippen LogP contribution in [0.2, 0.25) is 0 Å². The molecule has 7 heteroatoms. The van der Waals surface area contributed by atoms with E-state index in [9.17, 15) is 13.2 Å². The first-order chi connectivity index (χ1) is 12.9. The fraction of sp³-hybridized carbons (Fsp3) is 0.350. The van der Waals surface area contributed by atoms with E-state index in [2.05, 4.69) is 4.57 Å². The van der Waals surface area contributed by atoms with Gasteiger partial charge in [-0.25, -0.2) is 4.98 Å². The third-order valence-corrected chi connectivity index (χ3v) is 6.57. The number of nitrogens with zero attached hydrogens (tertiary/aromatic N) is 2. The number of fused-ring (bicyclic) bond motifs is 2. The van der Waals surface area contributed by atoms with Gasteiger partial charge in [-0.3, -0.25) is 4.57 Å². The van der Waals surface area contributed by atoms with Crippen molar-refractivity contribution in [2.75, 3.05) is 0 Å². The summed E-state index contributed by atoms with van der Waals surface area (Å²) in [6.07, 6.45) is -0.591. The van der Waals surface area contributed by atoms with Gasteiger partial charge in [0.2, 0.25) is 0 Å². The smallest absolute Gasteiger partial charge is 0.328 e. The topological polar surface area (TPSA) is 43.8 Å². The predicted octanol–water partition coefficient (Wildman–Crippen LogP) is 5.49. The maximum atomic E-state index is 13.4. The fourth-order valence-electron chi connectivity index (χ4n) is 4.26. The highest BCUT2D eigenvalue weighted by molar-refractivity contribution is 7.99. The molecule has 2 heterocycles. The maximum absolute atomic E-state index is 13.4. The summed E-state index contributed by atoms with van der Waals surface area (Å²) in [5.74, 6) is 1.01. The van der Waals surface area contributed by atoms with Gasteiger partial charge in [0.15, 0.2) is 0 Å². The summed E-state index contributed by atoms with van der Waals surface area (Å²) < 4.78 is 42.3. The Morgan fingerprint density at radius 2 is 1.93 bits per heavy atom. The van der Waals surface area contributed by atoms with Crippen LogP contribution in [0.5, 0.6) is 0 Å². The number of halogens is 3. The molecule has 3 nitrogen and oxygen atoms in total.